The second-order valence-electron chi connectivity index (χ2n) is 8.80. The summed E-state index contributed by atoms with van der Waals surface area (Å²) < 4.78 is 34.3. The van der Waals surface area contributed by atoms with Gasteiger partial charge < -0.3 is 10.1 Å². The maximum atomic E-state index is 13.9. The van der Waals surface area contributed by atoms with E-state index in [2.05, 4.69) is 5.32 Å². The molecule has 0 aromatic heterocycles. The van der Waals surface area contributed by atoms with Crippen LogP contribution < -0.4 is 14.4 Å². The molecule has 4 aromatic rings. The van der Waals surface area contributed by atoms with Gasteiger partial charge in [0.2, 0.25) is 0 Å². The average Bonchev–Trinajstić information content (AvgIpc) is 2.92. The summed E-state index contributed by atoms with van der Waals surface area (Å²) in [6, 6.07) is 30.0. The second kappa shape index (κ2) is 11.3. The Hall–Kier alpha value is -4.10. The van der Waals surface area contributed by atoms with Gasteiger partial charge in [-0.3, -0.25) is 9.10 Å². The Morgan fingerprint density at radius 3 is 2.14 bits per heavy atom. The van der Waals surface area contributed by atoms with Crippen LogP contribution in [-0.2, 0) is 16.6 Å². The van der Waals surface area contributed by atoms with Crippen molar-refractivity contribution < 1.29 is 17.9 Å². The van der Waals surface area contributed by atoms with Crippen LogP contribution in [0.25, 0.3) is 0 Å². The molecule has 0 heterocycles. The molecule has 37 heavy (non-hydrogen) atoms. The number of carbonyl (C=O) groups is 1. The first-order valence-corrected chi connectivity index (χ1v) is 13.4. The predicted molar refractivity (Wildman–Crippen MR) is 146 cm³/mol. The molecule has 0 radical (unpaired) electrons. The number of sulfonamides is 1. The fraction of sp³-hybridized carbons (Fsp3) is 0.167. The molecule has 0 aliphatic carbocycles. The van der Waals surface area contributed by atoms with Crippen LogP contribution in [0.15, 0.2) is 108 Å². The van der Waals surface area contributed by atoms with Gasteiger partial charge >= 0.3 is 0 Å². The number of amides is 1. The normalized spacial score (nSPS) is 12.0. The summed E-state index contributed by atoms with van der Waals surface area (Å²) >= 11 is 0. The van der Waals surface area contributed by atoms with E-state index in [4.69, 9.17) is 4.74 Å². The Balaban J connectivity index is 1.71. The topological polar surface area (TPSA) is 75.7 Å². The van der Waals surface area contributed by atoms with Gasteiger partial charge in [-0.25, -0.2) is 8.42 Å². The van der Waals surface area contributed by atoms with E-state index in [1.807, 2.05) is 68.4 Å². The predicted octanol–water partition coefficient (Wildman–Crippen LogP) is 5.89. The molecule has 1 amide bonds. The standard InChI is InChI=1S/C30H30N2O4S/c1-22-13-19-27(20-14-22)37(34,35)32(21-24-9-5-4-6-10-24)29-12-8-7-11-28(29)30(33)31-23(2)25-15-17-26(36-3)18-16-25/h4-20,23H,21H2,1-3H3,(H,31,33)/t23-/m1/s1. The summed E-state index contributed by atoms with van der Waals surface area (Å²) in [6.07, 6.45) is 0. The van der Waals surface area contributed by atoms with Crippen molar-refractivity contribution in [2.24, 2.45) is 0 Å². The molecule has 0 aliphatic heterocycles. The number of benzene rings is 4. The Morgan fingerprint density at radius 1 is 0.865 bits per heavy atom. The summed E-state index contributed by atoms with van der Waals surface area (Å²) in [4.78, 5) is 13.6. The Labute approximate surface area is 218 Å². The second-order valence-corrected chi connectivity index (χ2v) is 10.7. The zero-order chi connectivity index (χ0) is 26.4. The van der Waals surface area contributed by atoms with Crippen molar-refractivity contribution in [1.82, 2.24) is 5.32 Å². The average molecular weight is 515 g/mol. The van der Waals surface area contributed by atoms with Crippen LogP contribution in [-0.4, -0.2) is 21.4 Å². The van der Waals surface area contributed by atoms with Crippen molar-refractivity contribution in [3.8, 4) is 5.75 Å². The molecule has 0 bridgehead atoms. The van der Waals surface area contributed by atoms with E-state index in [1.54, 1.807) is 55.6 Å². The van der Waals surface area contributed by atoms with E-state index >= 15 is 0 Å². The van der Waals surface area contributed by atoms with Gasteiger partial charge in [-0.1, -0.05) is 72.3 Å². The lowest BCUT2D eigenvalue weighted by Gasteiger charge is -2.27. The van der Waals surface area contributed by atoms with Gasteiger partial charge in [0.1, 0.15) is 5.75 Å². The maximum absolute atomic E-state index is 13.9. The third-order valence-electron chi connectivity index (χ3n) is 6.16. The van der Waals surface area contributed by atoms with E-state index in [1.165, 1.54) is 4.31 Å². The third-order valence-corrected chi connectivity index (χ3v) is 7.93. The maximum Gasteiger partial charge on any atom is 0.264 e. The van der Waals surface area contributed by atoms with Crippen molar-refractivity contribution in [1.29, 1.82) is 0 Å². The number of nitrogens with zero attached hydrogens (tertiary/aromatic N) is 1. The number of carbonyl (C=O) groups excluding carboxylic acids is 1. The van der Waals surface area contributed by atoms with E-state index in [9.17, 15) is 13.2 Å². The zero-order valence-corrected chi connectivity index (χ0v) is 21.9. The fourth-order valence-electron chi connectivity index (χ4n) is 4.02. The lowest BCUT2D eigenvalue weighted by molar-refractivity contribution is 0.0940. The monoisotopic (exact) mass is 514 g/mol. The summed E-state index contributed by atoms with van der Waals surface area (Å²) in [5.74, 6) is 0.363. The molecular weight excluding hydrogens is 484 g/mol. The molecule has 7 heteroatoms. The smallest absolute Gasteiger partial charge is 0.264 e. The van der Waals surface area contributed by atoms with E-state index < -0.39 is 10.0 Å². The number of hydrogen-bond acceptors (Lipinski definition) is 4. The van der Waals surface area contributed by atoms with Crippen molar-refractivity contribution >= 4 is 21.6 Å². The van der Waals surface area contributed by atoms with Crippen LogP contribution in [0.5, 0.6) is 5.75 Å². The SMILES string of the molecule is COc1ccc([C@@H](C)NC(=O)c2ccccc2N(Cc2ccccc2)S(=O)(=O)c2ccc(C)cc2)cc1. The minimum absolute atomic E-state index is 0.0787. The summed E-state index contributed by atoms with van der Waals surface area (Å²) in [5, 5.41) is 3.01. The zero-order valence-electron chi connectivity index (χ0n) is 21.1. The molecule has 0 unspecified atom stereocenters. The highest BCUT2D eigenvalue weighted by atomic mass is 32.2. The van der Waals surface area contributed by atoms with E-state index in [0.717, 1.165) is 22.4 Å². The van der Waals surface area contributed by atoms with Crippen LogP contribution in [0, 0.1) is 6.92 Å². The highest BCUT2D eigenvalue weighted by molar-refractivity contribution is 7.92. The first kappa shape index (κ1) is 26.0. The summed E-state index contributed by atoms with van der Waals surface area (Å²) in [5.41, 5.74) is 3.25. The molecule has 0 aliphatic rings. The molecule has 4 rings (SSSR count). The largest absolute Gasteiger partial charge is 0.497 e. The minimum atomic E-state index is -3.97. The van der Waals surface area contributed by atoms with Gasteiger partial charge in [-0.2, -0.15) is 0 Å². The quantitative estimate of drug-likeness (QED) is 0.302. The van der Waals surface area contributed by atoms with Gasteiger partial charge in [-0.05, 0) is 61.4 Å². The molecule has 4 aromatic carbocycles. The molecule has 1 atom stereocenters. The molecule has 190 valence electrons. The number of anilines is 1. The third kappa shape index (κ3) is 6.01. The molecular formula is C30H30N2O4S. The van der Waals surface area contributed by atoms with Gasteiger partial charge in [0.15, 0.2) is 0 Å². The summed E-state index contributed by atoms with van der Waals surface area (Å²) in [6.45, 7) is 3.87. The highest BCUT2D eigenvalue weighted by Gasteiger charge is 2.29. The van der Waals surface area contributed by atoms with E-state index in [-0.39, 0.29) is 29.0 Å². The minimum Gasteiger partial charge on any atom is -0.497 e. The number of methoxy groups -OCH3 is 1. The lowest BCUT2D eigenvalue weighted by Crippen LogP contribution is -2.34. The number of aryl methyl sites for hydroxylation is 1. The van der Waals surface area contributed by atoms with Gasteiger partial charge in [-0.15, -0.1) is 0 Å². The van der Waals surface area contributed by atoms with Crippen LogP contribution in [0.1, 0.15) is 40.0 Å². The fourth-order valence-corrected chi connectivity index (χ4v) is 5.49. The Bertz CT molecular complexity index is 1450. The first-order chi connectivity index (χ1) is 17.8. The summed E-state index contributed by atoms with van der Waals surface area (Å²) in [7, 11) is -2.37. The van der Waals surface area contributed by atoms with Gasteiger partial charge in [0.25, 0.3) is 15.9 Å². The van der Waals surface area contributed by atoms with Crippen molar-refractivity contribution in [3.05, 3.63) is 125 Å². The molecule has 0 saturated carbocycles. The van der Waals surface area contributed by atoms with Gasteiger partial charge in [0.05, 0.1) is 35.8 Å². The molecule has 6 nitrogen and oxygen atoms in total. The number of para-hydroxylation sites is 1. The molecule has 0 saturated heterocycles. The highest BCUT2D eigenvalue weighted by Crippen LogP contribution is 2.30. The van der Waals surface area contributed by atoms with Crippen molar-refractivity contribution in [2.75, 3.05) is 11.4 Å². The number of rotatable bonds is 9. The number of ether oxygens (including phenoxy) is 1. The molecule has 0 spiro atoms. The Morgan fingerprint density at radius 2 is 1.49 bits per heavy atom. The Kier molecular flexibility index (Phi) is 7.94. The molecule has 1 N–H and O–H groups in total. The van der Waals surface area contributed by atoms with Crippen LogP contribution >= 0.6 is 0 Å². The van der Waals surface area contributed by atoms with Crippen LogP contribution in [0.2, 0.25) is 0 Å². The number of hydrogen-bond donors (Lipinski definition) is 1. The van der Waals surface area contributed by atoms with Crippen molar-refractivity contribution in [2.45, 2.75) is 31.3 Å². The van der Waals surface area contributed by atoms with Crippen LogP contribution in [0.4, 0.5) is 5.69 Å². The van der Waals surface area contributed by atoms with Gasteiger partial charge in [0, 0.05) is 0 Å². The molecule has 0 fully saturated rings. The van der Waals surface area contributed by atoms with E-state index in [0.29, 0.717) is 5.69 Å². The van der Waals surface area contributed by atoms with Crippen LogP contribution in [0.3, 0.4) is 0 Å². The first-order valence-electron chi connectivity index (χ1n) is 12.0. The van der Waals surface area contributed by atoms with Crippen molar-refractivity contribution in [3.63, 3.8) is 0 Å². The number of nitrogens with one attached hydrogen (secondary N) is 1. The lowest BCUT2D eigenvalue weighted by atomic mass is 10.1.